The molecule has 1 unspecified atom stereocenters. The van der Waals surface area contributed by atoms with Crippen molar-refractivity contribution in [3.05, 3.63) is 0 Å². The van der Waals surface area contributed by atoms with Crippen LogP contribution in [0.3, 0.4) is 0 Å². The van der Waals surface area contributed by atoms with Crippen LogP contribution in [0.25, 0.3) is 0 Å². The van der Waals surface area contributed by atoms with Crippen molar-refractivity contribution in [2.45, 2.75) is 39.7 Å². The number of rotatable bonds is 6. The maximum atomic E-state index is 5.42. The van der Waals surface area contributed by atoms with Gasteiger partial charge in [0.1, 0.15) is 0 Å². The van der Waals surface area contributed by atoms with E-state index in [2.05, 4.69) is 13.8 Å². The largest absolute Gasteiger partial charge is 0.377 e. The first-order valence-electron chi connectivity index (χ1n) is 4.48. The average molecular weight is 159 g/mol. The Balaban J connectivity index is 3.01. The first kappa shape index (κ1) is 10.9. The van der Waals surface area contributed by atoms with Crippen molar-refractivity contribution in [3.63, 3.8) is 0 Å². The molecular weight excluding hydrogens is 138 g/mol. The van der Waals surface area contributed by atoms with Crippen molar-refractivity contribution in [1.82, 2.24) is 0 Å². The molecule has 0 saturated heterocycles. The standard InChI is InChI=1S/C9H21NO/c1-8(2)5-4-6-11-9(3)7-10/h8-9H,4-7,10H2,1-3H3. The Morgan fingerprint density at radius 3 is 2.36 bits per heavy atom. The highest BCUT2D eigenvalue weighted by Gasteiger charge is 1.98. The van der Waals surface area contributed by atoms with Crippen molar-refractivity contribution in [2.75, 3.05) is 13.2 Å². The summed E-state index contributed by atoms with van der Waals surface area (Å²) in [7, 11) is 0. The summed E-state index contributed by atoms with van der Waals surface area (Å²) in [5, 5.41) is 0. The van der Waals surface area contributed by atoms with Crippen LogP contribution in [0, 0.1) is 5.92 Å². The van der Waals surface area contributed by atoms with Gasteiger partial charge in [0.2, 0.25) is 0 Å². The van der Waals surface area contributed by atoms with E-state index >= 15 is 0 Å². The molecule has 2 heteroatoms. The van der Waals surface area contributed by atoms with Crippen LogP contribution in [0.1, 0.15) is 33.6 Å². The quantitative estimate of drug-likeness (QED) is 0.600. The van der Waals surface area contributed by atoms with Crippen LogP contribution in [0.5, 0.6) is 0 Å². The molecule has 1 atom stereocenters. The van der Waals surface area contributed by atoms with Crippen LogP contribution < -0.4 is 5.73 Å². The second-order valence-corrected chi connectivity index (χ2v) is 3.45. The Morgan fingerprint density at radius 2 is 1.91 bits per heavy atom. The van der Waals surface area contributed by atoms with Crippen molar-refractivity contribution in [3.8, 4) is 0 Å². The van der Waals surface area contributed by atoms with E-state index < -0.39 is 0 Å². The Hall–Kier alpha value is -0.0800. The maximum absolute atomic E-state index is 5.42. The lowest BCUT2D eigenvalue weighted by molar-refractivity contribution is 0.0676. The molecule has 0 spiro atoms. The fourth-order valence-electron chi connectivity index (χ4n) is 0.844. The Morgan fingerprint density at radius 1 is 1.27 bits per heavy atom. The summed E-state index contributed by atoms with van der Waals surface area (Å²) < 4.78 is 5.42. The van der Waals surface area contributed by atoms with Crippen LogP contribution >= 0.6 is 0 Å². The predicted octanol–water partition coefficient (Wildman–Crippen LogP) is 1.79. The van der Waals surface area contributed by atoms with Crippen LogP contribution in [-0.4, -0.2) is 19.3 Å². The van der Waals surface area contributed by atoms with Crippen molar-refractivity contribution in [1.29, 1.82) is 0 Å². The van der Waals surface area contributed by atoms with Crippen molar-refractivity contribution in [2.24, 2.45) is 11.7 Å². The molecule has 0 heterocycles. The van der Waals surface area contributed by atoms with Gasteiger partial charge in [-0.2, -0.15) is 0 Å². The lowest BCUT2D eigenvalue weighted by atomic mass is 10.1. The zero-order valence-electron chi connectivity index (χ0n) is 7.97. The van der Waals surface area contributed by atoms with Gasteiger partial charge in [-0.05, 0) is 25.7 Å². The molecule has 0 aromatic carbocycles. The second-order valence-electron chi connectivity index (χ2n) is 3.45. The molecular formula is C9H21NO. The maximum Gasteiger partial charge on any atom is 0.0669 e. The summed E-state index contributed by atoms with van der Waals surface area (Å²) >= 11 is 0. The molecule has 0 aromatic rings. The molecule has 0 aromatic heterocycles. The Labute approximate surface area is 70.1 Å². The molecule has 0 aliphatic rings. The first-order chi connectivity index (χ1) is 5.16. The lowest BCUT2D eigenvalue weighted by Gasteiger charge is -2.10. The van der Waals surface area contributed by atoms with Crippen LogP contribution in [-0.2, 0) is 4.74 Å². The summed E-state index contributed by atoms with van der Waals surface area (Å²) in [5.41, 5.74) is 5.39. The van der Waals surface area contributed by atoms with Gasteiger partial charge < -0.3 is 10.5 Å². The van der Waals surface area contributed by atoms with E-state index in [9.17, 15) is 0 Å². The molecule has 0 aliphatic carbocycles. The van der Waals surface area contributed by atoms with Crippen molar-refractivity contribution >= 4 is 0 Å². The third-order valence-electron chi connectivity index (χ3n) is 1.66. The summed E-state index contributed by atoms with van der Waals surface area (Å²) in [4.78, 5) is 0. The molecule has 2 N–H and O–H groups in total. The van der Waals surface area contributed by atoms with Crippen LogP contribution in [0.15, 0.2) is 0 Å². The van der Waals surface area contributed by atoms with Gasteiger partial charge in [0.25, 0.3) is 0 Å². The summed E-state index contributed by atoms with van der Waals surface area (Å²) in [6.45, 7) is 7.95. The van der Waals surface area contributed by atoms with Gasteiger partial charge in [0.15, 0.2) is 0 Å². The third-order valence-corrected chi connectivity index (χ3v) is 1.66. The van der Waals surface area contributed by atoms with E-state index in [1.165, 1.54) is 6.42 Å². The third kappa shape index (κ3) is 7.82. The fourth-order valence-corrected chi connectivity index (χ4v) is 0.844. The lowest BCUT2D eigenvalue weighted by Crippen LogP contribution is -2.20. The number of hydrogen-bond donors (Lipinski definition) is 1. The second kappa shape index (κ2) is 6.62. The molecule has 68 valence electrons. The van der Waals surface area contributed by atoms with E-state index in [-0.39, 0.29) is 6.10 Å². The topological polar surface area (TPSA) is 35.2 Å². The molecule has 0 fully saturated rings. The minimum absolute atomic E-state index is 0.224. The average Bonchev–Trinajstić information content (AvgIpc) is 1.97. The minimum atomic E-state index is 0.224. The van der Waals surface area contributed by atoms with Gasteiger partial charge in [-0.25, -0.2) is 0 Å². The molecule has 0 aliphatic heterocycles. The van der Waals surface area contributed by atoms with Gasteiger partial charge in [-0.1, -0.05) is 13.8 Å². The van der Waals surface area contributed by atoms with Gasteiger partial charge in [0, 0.05) is 13.2 Å². The zero-order valence-corrected chi connectivity index (χ0v) is 7.97. The van der Waals surface area contributed by atoms with E-state index in [1.54, 1.807) is 0 Å². The number of hydrogen-bond acceptors (Lipinski definition) is 2. The summed E-state index contributed by atoms with van der Waals surface area (Å²) in [5.74, 6) is 0.784. The SMILES string of the molecule is CC(C)CCCOC(C)CN. The molecule has 11 heavy (non-hydrogen) atoms. The van der Waals surface area contributed by atoms with Gasteiger partial charge in [-0.15, -0.1) is 0 Å². The van der Waals surface area contributed by atoms with Gasteiger partial charge in [-0.3, -0.25) is 0 Å². The van der Waals surface area contributed by atoms with E-state index in [1.807, 2.05) is 6.92 Å². The Kier molecular flexibility index (Phi) is 6.57. The highest BCUT2D eigenvalue weighted by molar-refractivity contribution is 4.50. The molecule has 0 bridgehead atoms. The van der Waals surface area contributed by atoms with Crippen LogP contribution in [0.4, 0.5) is 0 Å². The van der Waals surface area contributed by atoms with E-state index in [0.29, 0.717) is 6.54 Å². The summed E-state index contributed by atoms with van der Waals surface area (Å²) in [6, 6.07) is 0. The minimum Gasteiger partial charge on any atom is -0.377 e. The Bertz CT molecular complexity index is 83.6. The van der Waals surface area contributed by atoms with E-state index in [4.69, 9.17) is 10.5 Å². The number of nitrogens with two attached hydrogens (primary N) is 1. The normalized spacial score (nSPS) is 13.9. The first-order valence-corrected chi connectivity index (χ1v) is 4.48. The highest BCUT2D eigenvalue weighted by Crippen LogP contribution is 2.03. The summed E-state index contributed by atoms with van der Waals surface area (Å²) in [6.07, 6.45) is 2.63. The van der Waals surface area contributed by atoms with E-state index in [0.717, 1.165) is 18.9 Å². The smallest absolute Gasteiger partial charge is 0.0669 e. The highest BCUT2D eigenvalue weighted by atomic mass is 16.5. The van der Waals surface area contributed by atoms with Gasteiger partial charge in [0.05, 0.1) is 6.10 Å². The number of ether oxygens (including phenoxy) is 1. The fraction of sp³-hybridized carbons (Fsp3) is 1.00. The van der Waals surface area contributed by atoms with Crippen LogP contribution in [0.2, 0.25) is 0 Å². The monoisotopic (exact) mass is 159 g/mol. The molecule has 0 amide bonds. The molecule has 0 rings (SSSR count). The molecule has 0 saturated carbocycles. The molecule has 2 nitrogen and oxygen atoms in total. The van der Waals surface area contributed by atoms with Crippen molar-refractivity contribution < 1.29 is 4.74 Å². The molecule has 0 radical (unpaired) electrons. The van der Waals surface area contributed by atoms with Gasteiger partial charge >= 0.3 is 0 Å². The predicted molar refractivity (Wildman–Crippen MR) is 48.5 cm³/mol. The zero-order chi connectivity index (χ0) is 8.69.